The third kappa shape index (κ3) is 3.96. The van der Waals surface area contributed by atoms with Gasteiger partial charge < -0.3 is 15.5 Å². The third-order valence-corrected chi connectivity index (χ3v) is 3.95. The van der Waals surface area contributed by atoms with Crippen molar-refractivity contribution < 1.29 is 18.6 Å². The molecule has 8 heteroatoms. The van der Waals surface area contributed by atoms with Gasteiger partial charge in [0, 0.05) is 32.7 Å². The van der Waals surface area contributed by atoms with Gasteiger partial charge >= 0.3 is 0 Å². The molecule has 0 bridgehead atoms. The minimum atomic E-state index is -3.55. The molecule has 1 saturated heterocycles. The highest BCUT2D eigenvalue weighted by molar-refractivity contribution is 7.87. The summed E-state index contributed by atoms with van der Waals surface area (Å²) in [6.45, 7) is 2.75. The maximum atomic E-state index is 11.7. The van der Waals surface area contributed by atoms with Crippen molar-refractivity contribution in [2.45, 2.75) is 12.5 Å². The summed E-state index contributed by atoms with van der Waals surface area (Å²) in [6, 6.07) is 0. The molecule has 1 heterocycles. The van der Waals surface area contributed by atoms with Crippen LogP contribution in [-0.2, 0) is 10.2 Å². The van der Waals surface area contributed by atoms with Gasteiger partial charge in [-0.2, -0.15) is 17.4 Å². The van der Waals surface area contributed by atoms with Crippen molar-refractivity contribution in [2.24, 2.45) is 0 Å². The molecule has 96 valence electrons. The summed E-state index contributed by atoms with van der Waals surface area (Å²) in [5.74, 6) is 0. The van der Waals surface area contributed by atoms with E-state index in [0.717, 1.165) is 0 Å². The zero-order chi connectivity index (χ0) is 12.2. The monoisotopic (exact) mass is 253 g/mol. The van der Waals surface area contributed by atoms with E-state index in [0.29, 0.717) is 26.2 Å². The van der Waals surface area contributed by atoms with Gasteiger partial charge in [0.15, 0.2) is 0 Å². The Morgan fingerprint density at radius 3 is 2.50 bits per heavy atom. The summed E-state index contributed by atoms with van der Waals surface area (Å²) in [6.07, 6.45) is 0. The summed E-state index contributed by atoms with van der Waals surface area (Å²) >= 11 is 0. The number of aliphatic hydroxyl groups is 2. The summed E-state index contributed by atoms with van der Waals surface area (Å²) in [5.41, 5.74) is -1.43. The van der Waals surface area contributed by atoms with E-state index < -0.39 is 22.4 Å². The van der Waals surface area contributed by atoms with Gasteiger partial charge in [0.05, 0.1) is 12.2 Å². The van der Waals surface area contributed by atoms with E-state index in [1.807, 2.05) is 0 Å². The van der Waals surface area contributed by atoms with Crippen LogP contribution in [-0.4, -0.2) is 67.9 Å². The number of aliphatic hydroxyl groups excluding tert-OH is 1. The molecule has 4 N–H and O–H groups in total. The Bertz CT molecular complexity index is 311. The Morgan fingerprint density at radius 2 is 2.00 bits per heavy atom. The summed E-state index contributed by atoms with van der Waals surface area (Å²) in [4.78, 5) is 0. The van der Waals surface area contributed by atoms with Gasteiger partial charge in [0.1, 0.15) is 0 Å². The minimum Gasteiger partial charge on any atom is -0.393 e. The number of hydrogen-bond acceptors (Lipinski definition) is 5. The Balaban J connectivity index is 2.51. The highest BCUT2D eigenvalue weighted by Crippen LogP contribution is 2.03. The largest absolute Gasteiger partial charge is 0.393 e. The highest BCUT2D eigenvalue weighted by atomic mass is 32.2. The van der Waals surface area contributed by atoms with Crippen LogP contribution in [0.1, 0.15) is 6.92 Å². The van der Waals surface area contributed by atoms with Crippen LogP contribution in [0.15, 0.2) is 0 Å². The molecule has 1 aliphatic rings. The zero-order valence-electron chi connectivity index (χ0n) is 9.31. The van der Waals surface area contributed by atoms with Gasteiger partial charge in [-0.1, -0.05) is 0 Å². The molecule has 1 aliphatic heterocycles. The predicted octanol–water partition coefficient (Wildman–Crippen LogP) is -2.53. The van der Waals surface area contributed by atoms with Crippen molar-refractivity contribution in [1.82, 2.24) is 14.3 Å². The first kappa shape index (κ1) is 13.8. The topological polar surface area (TPSA) is 102 Å². The number of rotatable bonds is 5. The molecule has 1 fully saturated rings. The lowest BCUT2D eigenvalue weighted by Gasteiger charge is -2.28. The second kappa shape index (κ2) is 5.39. The van der Waals surface area contributed by atoms with Crippen LogP contribution in [0.25, 0.3) is 0 Å². The van der Waals surface area contributed by atoms with Crippen molar-refractivity contribution in [3.05, 3.63) is 0 Å². The summed E-state index contributed by atoms with van der Waals surface area (Å²) < 4.78 is 27.1. The van der Waals surface area contributed by atoms with Crippen LogP contribution >= 0.6 is 0 Å². The fraction of sp³-hybridized carbons (Fsp3) is 1.00. The molecule has 0 saturated carbocycles. The molecule has 0 radical (unpaired) electrons. The van der Waals surface area contributed by atoms with Gasteiger partial charge in [-0.25, -0.2) is 0 Å². The highest BCUT2D eigenvalue weighted by Gasteiger charge is 2.27. The van der Waals surface area contributed by atoms with Crippen LogP contribution in [0.3, 0.4) is 0 Å². The van der Waals surface area contributed by atoms with Crippen molar-refractivity contribution >= 4 is 10.2 Å². The van der Waals surface area contributed by atoms with Gasteiger partial charge in [0.25, 0.3) is 10.2 Å². The Kier molecular flexibility index (Phi) is 4.65. The maximum Gasteiger partial charge on any atom is 0.279 e. The zero-order valence-corrected chi connectivity index (χ0v) is 10.1. The third-order valence-electron chi connectivity index (χ3n) is 2.39. The molecule has 0 aromatic rings. The van der Waals surface area contributed by atoms with Crippen molar-refractivity contribution in [1.29, 1.82) is 0 Å². The van der Waals surface area contributed by atoms with E-state index >= 15 is 0 Å². The normalized spacial score (nSPS) is 22.9. The average Bonchev–Trinajstić information content (AvgIpc) is 2.28. The van der Waals surface area contributed by atoms with Crippen LogP contribution in [0, 0.1) is 0 Å². The van der Waals surface area contributed by atoms with Gasteiger partial charge in [-0.05, 0) is 6.92 Å². The SMILES string of the molecule is CC(O)(CO)CNS(=O)(=O)N1CCNCC1. The summed E-state index contributed by atoms with van der Waals surface area (Å²) in [5, 5.41) is 21.3. The van der Waals surface area contributed by atoms with Crippen molar-refractivity contribution in [3.63, 3.8) is 0 Å². The van der Waals surface area contributed by atoms with E-state index in [9.17, 15) is 13.5 Å². The predicted molar refractivity (Wildman–Crippen MR) is 59.1 cm³/mol. The van der Waals surface area contributed by atoms with Gasteiger partial charge in [-0.3, -0.25) is 0 Å². The lowest BCUT2D eigenvalue weighted by atomic mass is 10.1. The van der Waals surface area contributed by atoms with Crippen LogP contribution in [0.5, 0.6) is 0 Å². The van der Waals surface area contributed by atoms with Crippen LogP contribution < -0.4 is 10.0 Å². The molecule has 1 atom stereocenters. The smallest absolute Gasteiger partial charge is 0.279 e. The molecular weight excluding hydrogens is 234 g/mol. The molecule has 0 amide bonds. The van der Waals surface area contributed by atoms with Gasteiger partial charge in [-0.15, -0.1) is 0 Å². The average molecular weight is 253 g/mol. The fourth-order valence-electron chi connectivity index (χ4n) is 1.28. The number of hydrogen-bond donors (Lipinski definition) is 4. The molecule has 1 unspecified atom stereocenters. The lowest BCUT2D eigenvalue weighted by molar-refractivity contribution is 0.00652. The summed E-state index contributed by atoms with van der Waals surface area (Å²) in [7, 11) is -3.55. The second-order valence-corrected chi connectivity index (χ2v) is 5.89. The number of nitrogens with zero attached hydrogens (tertiary/aromatic N) is 1. The van der Waals surface area contributed by atoms with E-state index in [4.69, 9.17) is 5.11 Å². The molecule has 16 heavy (non-hydrogen) atoms. The Morgan fingerprint density at radius 1 is 1.44 bits per heavy atom. The standard InChI is InChI=1S/C8H19N3O4S/c1-8(13,7-12)6-10-16(14,15)11-4-2-9-3-5-11/h9-10,12-13H,2-7H2,1H3. The number of nitrogens with one attached hydrogen (secondary N) is 2. The molecular formula is C8H19N3O4S. The first-order chi connectivity index (χ1) is 7.37. The first-order valence-electron chi connectivity index (χ1n) is 5.16. The van der Waals surface area contributed by atoms with Crippen molar-refractivity contribution in [3.8, 4) is 0 Å². The maximum absolute atomic E-state index is 11.7. The van der Waals surface area contributed by atoms with Crippen LogP contribution in [0.2, 0.25) is 0 Å². The molecule has 7 nitrogen and oxygen atoms in total. The van der Waals surface area contributed by atoms with E-state index in [1.54, 1.807) is 0 Å². The first-order valence-corrected chi connectivity index (χ1v) is 6.60. The quantitative estimate of drug-likeness (QED) is 0.433. The van der Waals surface area contributed by atoms with Gasteiger partial charge in [0.2, 0.25) is 0 Å². The second-order valence-electron chi connectivity index (χ2n) is 4.13. The van der Waals surface area contributed by atoms with Crippen LogP contribution in [0.4, 0.5) is 0 Å². The van der Waals surface area contributed by atoms with E-state index in [2.05, 4.69) is 10.0 Å². The Hall–Kier alpha value is -0.250. The van der Waals surface area contributed by atoms with Crippen molar-refractivity contribution in [2.75, 3.05) is 39.3 Å². The molecule has 0 aliphatic carbocycles. The van der Waals surface area contributed by atoms with E-state index in [-0.39, 0.29) is 6.54 Å². The molecule has 0 spiro atoms. The molecule has 1 rings (SSSR count). The molecule has 0 aromatic heterocycles. The minimum absolute atomic E-state index is 0.199. The number of piperazine rings is 1. The molecule has 0 aromatic carbocycles. The lowest BCUT2D eigenvalue weighted by Crippen LogP contribution is -2.53. The van der Waals surface area contributed by atoms with E-state index in [1.165, 1.54) is 11.2 Å². The fourth-order valence-corrected chi connectivity index (χ4v) is 2.62. The Labute approximate surface area is 95.6 Å².